The second-order valence-electron chi connectivity index (χ2n) is 6.32. The van der Waals surface area contributed by atoms with Crippen molar-refractivity contribution >= 4 is 16.7 Å². The first kappa shape index (κ1) is 16.7. The van der Waals surface area contributed by atoms with E-state index >= 15 is 0 Å². The molecule has 0 bridgehead atoms. The molecule has 3 aromatic rings. The van der Waals surface area contributed by atoms with Gasteiger partial charge in [0.15, 0.2) is 0 Å². The monoisotopic (exact) mass is 353 g/mol. The number of aromatic nitrogens is 2. The van der Waals surface area contributed by atoms with E-state index in [1.807, 2.05) is 12.1 Å². The van der Waals surface area contributed by atoms with Crippen LogP contribution in [0.1, 0.15) is 12.8 Å². The molecule has 0 spiro atoms. The maximum atomic E-state index is 13.2. The van der Waals surface area contributed by atoms with E-state index in [4.69, 9.17) is 9.47 Å². The fraction of sp³-hybridized carbons (Fsp3) is 0.300. The second kappa shape index (κ2) is 7.25. The highest BCUT2D eigenvalue weighted by Crippen LogP contribution is 2.34. The standard InChI is InChI=1S/C20H20FN3O2/c1-25-18-10-14(13-4-6-15(21)7-5-13)9-17-19(18)23-12-24-20(17)22-11-16-3-2-8-26-16/h4-7,9-10,12,16H,2-3,8,11H2,1H3,(H,22,23,24). The van der Waals surface area contributed by atoms with E-state index in [-0.39, 0.29) is 11.9 Å². The second-order valence-corrected chi connectivity index (χ2v) is 6.32. The highest BCUT2D eigenvalue weighted by molar-refractivity contribution is 5.96. The Labute approximate surface area is 151 Å². The molecular formula is C20H20FN3O2. The number of ether oxygens (including phenoxy) is 2. The molecular weight excluding hydrogens is 333 g/mol. The number of anilines is 1. The van der Waals surface area contributed by atoms with Gasteiger partial charge < -0.3 is 14.8 Å². The van der Waals surface area contributed by atoms with Crippen LogP contribution in [0.15, 0.2) is 42.7 Å². The summed E-state index contributed by atoms with van der Waals surface area (Å²) in [6.45, 7) is 1.52. The first-order chi connectivity index (χ1) is 12.7. The molecule has 0 radical (unpaired) electrons. The molecule has 6 heteroatoms. The highest BCUT2D eigenvalue weighted by Gasteiger charge is 2.17. The van der Waals surface area contributed by atoms with E-state index in [2.05, 4.69) is 15.3 Å². The van der Waals surface area contributed by atoms with E-state index < -0.39 is 0 Å². The molecule has 1 aromatic heterocycles. The van der Waals surface area contributed by atoms with Gasteiger partial charge in [-0.25, -0.2) is 14.4 Å². The number of methoxy groups -OCH3 is 1. The molecule has 2 aromatic carbocycles. The summed E-state index contributed by atoms with van der Waals surface area (Å²) in [6.07, 6.45) is 3.89. The lowest BCUT2D eigenvalue weighted by molar-refractivity contribution is 0.120. The van der Waals surface area contributed by atoms with Gasteiger partial charge in [0.1, 0.15) is 29.2 Å². The zero-order chi connectivity index (χ0) is 17.9. The largest absolute Gasteiger partial charge is 0.494 e. The van der Waals surface area contributed by atoms with Crippen molar-refractivity contribution in [3.63, 3.8) is 0 Å². The van der Waals surface area contributed by atoms with Crippen LogP contribution < -0.4 is 10.1 Å². The summed E-state index contributed by atoms with van der Waals surface area (Å²) in [5.41, 5.74) is 2.56. The Bertz CT molecular complexity index is 909. The summed E-state index contributed by atoms with van der Waals surface area (Å²) in [7, 11) is 1.62. The van der Waals surface area contributed by atoms with Crippen molar-refractivity contribution in [1.82, 2.24) is 9.97 Å². The normalized spacial score (nSPS) is 16.8. The number of hydrogen-bond donors (Lipinski definition) is 1. The van der Waals surface area contributed by atoms with Crippen molar-refractivity contribution < 1.29 is 13.9 Å². The quantitative estimate of drug-likeness (QED) is 0.750. The molecule has 1 unspecified atom stereocenters. The van der Waals surface area contributed by atoms with Crippen molar-refractivity contribution in [3.05, 3.63) is 48.5 Å². The van der Waals surface area contributed by atoms with Crippen LogP contribution in [-0.2, 0) is 4.74 Å². The van der Waals surface area contributed by atoms with Crippen molar-refractivity contribution in [2.75, 3.05) is 25.6 Å². The molecule has 1 N–H and O–H groups in total. The molecule has 2 heterocycles. The van der Waals surface area contributed by atoms with Crippen molar-refractivity contribution in [1.29, 1.82) is 0 Å². The molecule has 1 aliphatic heterocycles. The molecule has 5 nitrogen and oxygen atoms in total. The molecule has 1 fully saturated rings. The molecule has 1 aliphatic rings. The van der Waals surface area contributed by atoms with E-state index in [0.29, 0.717) is 12.3 Å². The minimum Gasteiger partial charge on any atom is -0.494 e. The summed E-state index contributed by atoms with van der Waals surface area (Å²) in [6, 6.07) is 10.3. The Morgan fingerprint density at radius 2 is 2.04 bits per heavy atom. The minimum absolute atomic E-state index is 0.210. The van der Waals surface area contributed by atoms with Gasteiger partial charge in [0.25, 0.3) is 0 Å². The SMILES string of the molecule is COc1cc(-c2ccc(F)cc2)cc2c(NCC3CCCO3)ncnc12. The Kier molecular flexibility index (Phi) is 4.67. The lowest BCUT2D eigenvalue weighted by atomic mass is 10.0. The van der Waals surface area contributed by atoms with Gasteiger partial charge in [-0.1, -0.05) is 12.1 Å². The zero-order valence-corrected chi connectivity index (χ0v) is 14.5. The van der Waals surface area contributed by atoms with Gasteiger partial charge in [-0.05, 0) is 48.2 Å². The van der Waals surface area contributed by atoms with Gasteiger partial charge in [-0.3, -0.25) is 0 Å². The third-order valence-corrected chi connectivity index (χ3v) is 4.62. The van der Waals surface area contributed by atoms with Gasteiger partial charge in [0.2, 0.25) is 0 Å². The van der Waals surface area contributed by atoms with Gasteiger partial charge in [0.05, 0.1) is 13.2 Å². The molecule has 26 heavy (non-hydrogen) atoms. The molecule has 0 amide bonds. The lowest BCUT2D eigenvalue weighted by Gasteiger charge is -2.15. The Morgan fingerprint density at radius 1 is 1.19 bits per heavy atom. The van der Waals surface area contributed by atoms with Gasteiger partial charge >= 0.3 is 0 Å². The molecule has 0 saturated carbocycles. The molecule has 4 rings (SSSR count). The summed E-state index contributed by atoms with van der Waals surface area (Å²) < 4.78 is 24.4. The van der Waals surface area contributed by atoms with Crippen LogP contribution >= 0.6 is 0 Å². The third-order valence-electron chi connectivity index (χ3n) is 4.62. The highest BCUT2D eigenvalue weighted by atomic mass is 19.1. The van der Waals surface area contributed by atoms with Crippen molar-refractivity contribution in [3.8, 4) is 16.9 Å². The van der Waals surface area contributed by atoms with Crippen LogP contribution in [0.5, 0.6) is 5.75 Å². The summed E-state index contributed by atoms with van der Waals surface area (Å²) in [4.78, 5) is 8.77. The first-order valence-corrected chi connectivity index (χ1v) is 8.69. The van der Waals surface area contributed by atoms with Gasteiger partial charge in [-0.15, -0.1) is 0 Å². The molecule has 1 atom stereocenters. The number of nitrogens with one attached hydrogen (secondary N) is 1. The summed E-state index contributed by atoms with van der Waals surface area (Å²) >= 11 is 0. The average molecular weight is 353 g/mol. The smallest absolute Gasteiger partial charge is 0.145 e. The van der Waals surface area contributed by atoms with Crippen LogP contribution in [-0.4, -0.2) is 36.3 Å². The Balaban J connectivity index is 1.74. The lowest BCUT2D eigenvalue weighted by Crippen LogP contribution is -2.19. The number of benzene rings is 2. The fourth-order valence-electron chi connectivity index (χ4n) is 3.26. The van der Waals surface area contributed by atoms with E-state index in [9.17, 15) is 4.39 Å². The summed E-state index contributed by atoms with van der Waals surface area (Å²) in [5, 5.41) is 4.24. The Hall–Kier alpha value is -2.73. The maximum absolute atomic E-state index is 13.2. The van der Waals surface area contributed by atoms with E-state index in [1.54, 1.807) is 19.2 Å². The van der Waals surface area contributed by atoms with Crippen LogP contribution in [0.3, 0.4) is 0 Å². The van der Waals surface area contributed by atoms with Crippen LogP contribution in [0.2, 0.25) is 0 Å². The van der Waals surface area contributed by atoms with Crippen LogP contribution in [0.4, 0.5) is 10.2 Å². The number of rotatable bonds is 5. The zero-order valence-electron chi connectivity index (χ0n) is 14.5. The molecule has 134 valence electrons. The van der Waals surface area contributed by atoms with Gasteiger partial charge in [0, 0.05) is 18.5 Å². The fourth-order valence-corrected chi connectivity index (χ4v) is 3.26. The number of nitrogens with zero attached hydrogens (tertiary/aromatic N) is 2. The predicted molar refractivity (Wildman–Crippen MR) is 98.9 cm³/mol. The molecule has 1 saturated heterocycles. The first-order valence-electron chi connectivity index (χ1n) is 8.69. The average Bonchev–Trinajstić information content (AvgIpc) is 3.19. The summed E-state index contributed by atoms with van der Waals surface area (Å²) in [5.74, 6) is 1.14. The van der Waals surface area contributed by atoms with Crippen LogP contribution in [0.25, 0.3) is 22.0 Å². The predicted octanol–water partition coefficient (Wildman–Crippen LogP) is 4.04. The maximum Gasteiger partial charge on any atom is 0.145 e. The van der Waals surface area contributed by atoms with E-state index in [1.165, 1.54) is 18.5 Å². The number of fused-ring (bicyclic) bond motifs is 1. The topological polar surface area (TPSA) is 56.3 Å². The minimum atomic E-state index is -0.260. The van der Waals surface area contributed by atoms with E-state index in [0.717, 1.165) is 47.3 Å². The van der Waals surface area contributed by atoms with Crippen molar-refractivity contribution in [2.45, 2.75) is 18.9 Å². The Morgan fingerprint density at radius 3 is 2.77 bits per heavy atom. The van der Waals surface area contributed by atoms with Gasteiger partial charge in [-0.2, -0.15) is 0 Å². The number of hydrogen-bond acceptors (Lipinski definition) is 5. The molecule has 0 aliphatic carbocycles. The van der Waals surface area contributed by atoms with Crippen LogP contribution in [0, 0.1) is 5.82 Å². The van der Waals surface area contributed by atoms with Crippen molar-refractivity contribution in [2.24, 2.45) is 0 Å². The number of halogens is 1. The third kappa shape index (κ3) is 3.32.